The molecule has 0 amide bonds. The molecule has 2 saturated carbocycles. The molecule has 0 spiro atoms. The number of hydrogen-bond acceptors (Lipinski definition) is 3. The van der Waals surface area contributed by atoms with Crippen molar-refractivity contribution in [2.24, 2.45) is 5.92 Å². The maximum atomic E-state index is 12.3. The number of halogens is 3. The summed E-state index contributed by atoms with van der Waals surface area (Å²) in [5.74, 6) is 0.254. The summed E-state index contributed by atoms with van der Waals surface area (Å²) >= 11 is 0. The lowest BCUT2D eigenvalue weighted by Gasteiger charge is -2.34. The van der Waals surface area contributed by atoms with Crippen LogP contribution in [0.15, 0.2) is 12.2 Å². The van der Waals surface area contributed by atoms with Gasteiger partial charge in [0.15, 0.2) is 0 Å². The Hall–Kier alpha value is -0.560. The summed E-state index contributed by atoms with van der Waals surface area (Å²) < 4.78 is 63.5. The van der Waals surface area contributed by atoms with Crippen molar-refractivity contribution in [1.82, 2.24) is 0 Å². The van der Waals surface area contributed by atoms with Gasteiger partial charge in [-0.1, -0.05) is 6.58 Å². The molecule has 2 aliphatic carbocycles. The van der Waals surface area contributed by atoms with Gasteiger partial charge >= 0.3 is 15.6 Å². The van der Waals surface area contributed by atoms with Crippen LogP contribution in [-0.2, 0) is 14.3 Å². The van der Waals surface area contributed by atoms with Gasteiger partial charge in [-0.2, -0.15) is 21.6 Å². The van der Waals surface area contributed by atoms with E-state index in [1.54, 1.807) is 0 Å². The Balaban J connectivity index is 2.27. The third-order valence-corrected chi connectivity index (χ3v) is 4.73. The van der Waals surface area contributed by atoms with Crippen LogP contribution in [-0.4, -0.2) is 19.5 Å². The zero-order valence-electron chi connectivity index (χ0n) is 9.09. The van der Waals surface area contributed by atoms with Gasteiger partial charge in [0, 0.05) is 0 Å². The van der Waals surface area contributed by atoms with E-state index in [0.717, 1.165) is 6.42 Å². The topological polar surface area (TPSA) is 43.4 Å². The van der Waals surface area contributed by atoms with Gasteiger partial charge in [0.2, 0.25) is 0 Å². The zero-order valence-corrected chi connectivity index (χ0v) is 9.90. The largest absolute Gasteiger partial charge is 0.523 e. The van der Waals surface area contributed by atoms with Crippen LogP contribution in [0.5, 0.6) is 0 Å². The van der Waals surface area contributed by atoms with Gasteiger partial charge in [-0.25, -0.2) is 0 Å². The molecule has 2 aliphatic rings. The molecular formula is C10H13F3O3S. The molecule has 17 heavy (non-hydrogen) atoms. The molecular weight excluding hydrogens is 257 g/mol. The van der Waals surface area contributed by atoms with Gasteiger partial charge in [-0.05, 0) is 43.6 Å². The molecule has 0 aromatic rings. The maximum Gasteiger partial charge on any atom is 0.523 e. The second-order valence-corrected chi connectivity index (χ2v) is 6.27. The average Bonchev–Trinajstić information content (AvgIpc) is 2.50. The summed E-state index contributed by atoms with van der Waals surface area (Å²) in [5.41, 5.74) is -6.20. The summed E-state index contributed by atoms with van der Waals surface area (Å²) in [4.78, 5) is 0. The molecule has 0 N–H and O–H groups in total. The molecule has 0 aromatic carbocycles. The van der Waals surface area contributed by atoms with E-state index in [1.165, 1.54) is 0 Å². The van der Waals surface area contributed by atoms with Crippen molar-refractivity contribution in [2.45, 2.75) is 43.2 Å². The quantitative estimate of drug-likeness (QED) is 0.440. The fourth-order valence-corrected chi connectivity index (χ4v) is 3.46. The Bertz CT molecular complexity index is 440. The molecule has 98 valence electrons. The van der Waals surface area contributed by atoms with Crippen LogP contribution >= 0.6 is 0 Å². The molecule has 2 fully saturated rings. The van der Waals surface area contributed by atoms with Crippen molar-refractivity contribution in [2.75, 3.05) is 0 Å². The fraction of sp³-hybridized carbons (Fsp3) is 0.800. The average molecular weight is 270 g/mol. The van der Waals surface area contributed by atoms with Crippen LogP contribution in [0.3, 0.4) is 0 Å². The number of alkyl halides is 3. The van der Waals surface area contributed by atoms with E-state index in [9.17, 15) is 21.6 Å². The predicted octanol–water partition coefficient (Wildman–Crippen LogP) is 2.74. The molecule has 0 radical (unpaired) electrons. The Kier molecular flexibility index (Phi) is 2.82. The van der Waals surface area contributed by atoms with Crippen molar-refractivity contribution in [3.8, 4) is 0 Å². The highest BCUT2D eigenvalue weighted by molar-refractivity contribution is 7.87. The lowest BCUT2D eigenvalue weighted by atomic mass is 9.82. The lowest BCUT2D eigenvalue weighted by Crippen LogP contribution is -2.40. The smallest absolute Gasteiger partial charge is 0.252 e. The second kappa shape index (κ2) is 3.71. The van der Waals surface area contributed by atoms with Crippen LogP contribution in [0, 0.1) is 5.92 Å². The molecule has 2 atom stereocenters. The molecule has 0 heterocycles. The third-order valence-electron chi connectivity index (χ3n) is 3.63. The molecule has 0 aromatic heterocycles. The molecule has 3 nitrogen and oxygen atoms in total. The highest BCUT2D eigenvalue weighted by Gasteiger charge is 2.55. The first-order valence-corrected chi connectivity index (χ1v) is 6.77. The van der Waals surface area contributed by atoms with E-state index in [0.29, 0.717) is 31.3 Å². The molecule has 2 rings (SSSR count). The van der Waals surface area contributed by atoms with Gasteiger partial charge in [-0.15, -0.1) is 0 Å². The van der Waals surface area contributed by atoms with E-state index in [4.69, 9.17) is 0 Å². The molecule has 7 heteroatoms. The summed E-state index contributed by atoms with van der Waals surface area (Å²) in [6.45, 7) is 3.67. The van der Waals surface area contributed by atoms with E-state index >= 15 is 0 Å². The van der Waals surface area contributed by atoms with Crippen LogP contribution in [0.1, 0.15) is 32.1 Å². The first-order chi connectivity index (χ1) is 7.66. The van der Waals surface area contributed by atoms with Gasteiger partial charge in [0.25, 0.3) is 0 Å². The van der Waals surface area contributed by atoms with Gasteiger partial charge in [0.05, 0.1) is 0 Å². The van der Waals surface area contributed by atoms with Gasteiger partial charge in [0.1, 0.15) is 5.60 Å². The van der Waals surface area contributed by atoms with Crippen molar-refractivity contribution < 1.29 is 25.8 Å². The molecule has 2 bridgehead atoms. The van der Waals surface area contributed by atoms with Crippen LogP contribution in [0.4, 0.5) is 13.2 Å². The first-order valence-electron chi connectivity index (χ1n) is 5.36. The molecule has 0 aliphatic heterocycles. The summed E-state index contributed by atoms with van der Waals surface area (Å²) in [6, 6.07) is 0. The van der Waals surface area contributed by atoms with Crippen LogP contribution in [0.2, 0.25) is 0 Å². The summed E-state index contributed by atoms with van der Waals surface area (Å²) in [6.07, 6.45) is 2.74. The Labute approximate surface area is 97.8 Å². The lowest BCUT2D eigenvalue weighted by molar-refractivity contribution is -0.0629. The van der Waals surface area contributed by atoms with E-state index < -0.39 is 21.2 Å². The van der Waals surface area contributed by atoms with Crippen molar-refractivity contribution in [3.63, 3.8) is 0 Å². The van der Waals surface area contributed by atoms with Crippen LogP contribution in [0.25, 0.3) is 0 Å². The van der Waals surface area contributed by atoms with Gasteiger partial charge < -0.3 is 0 Å². The van der Waals surface area contributed by atoms with E-state index in [1.807, 2.05) is 0 Å². The molecule has 0 saturated heterocycles. The zero-order chi connectivity index (χ0) is 12.9. The fourth-order valence-electron chi connectivity index (χ4n) is 2.67. The summed E-state index contributed by atoms with van der Waals surface area (Å²) in [7, 11) is -5.53. The minimum Gasteiger partial charge on any atom is -0.252 e. The number of hydrogen-bond donors (Lipinski definition) is 0. The van der Waals surface area contributed by atoms with Gasteiger partial charge in [-0.3, -0.25) is 4.18 Å². The Morgan fingerprint density at radius 1 is 1.35 bits per heavy atom. The minimum atomic E-state index is -5.53. The van der Waals surface area contributed by atoms with E-state index in [-0.39, 0.29) is 5.92 Å². The SMILES string of the molecule is C=C1CCC2CCC1(OS(=O)(=O)C(F)(F)F)C2. The van der Waals surface area contributed by atoms with E-state index in [2.05, 4.69) is 10.8 Å². The molecule has 2 unspecified atom stereocenters. The highest BCUT2D eigenvalue weighted by atomic mass is 32.2. The standard InChI is InChI=1S/C10H13F3O3S/c1-7-2-3-8-4-5-9(7,6-8)16-17(14,15)10(11,12)13/h8H,1-6H2. The minimum absolute atomic E-state index is 0.254. The Morgan fingerprint density at radius 2 is 2.00 bits per heavy atom. The normalized spacial score (nSPS) is 34.1. The van der Waals surface area contributed by atoms with Crippen molar-refractivity contribution in [3.05, 3.63) is 12.2 Å². The monoisotopic (exact) mass is 270 g/mol. The van der Waals surface area contributed by atoms with Crippen molar-refractivity contribution >= 4 is 10.1 Å². The Morgan fingerprint density at radius 3 is 2.59 bits per heavy atom. The third kappa shape index (κ3) is 2.10. The predicted molar refractivity (Wildman–Crippen MR) is 54.5 cm³/mol. The summed E-state index contributed by atoms with van der Waals surface area (Å²) in [5, 5.41) is 0. The van der Waals surface area contributed by atoms with Crippen LogP contribution < -0.4 is 0 Å². The number of fused-ring (bicyclic) bond motifs is 2. The second-order valence-electron chi connectivity index (χ2n) is 4.73. The van der Waals surface area contributed by atoms with Crippen molar-refractivity contribution in [1.29, 1.82) is 0 Å². The number of rotatable bonds is 2. The first kappa shape index (κ1) is 12.9. The highest BCUT2D eigenvalue weighted by Crippen LogP contribution is 2.51. The maximum absolute atomic E-state index is 12.3.